The number of carbonyl (C=O) groups is 2. The Morgan fingerprint density at radius 1 is 1.35 bits per heavy atom. The highest BCUT2D eigenvalue weighted by molar-refractivity contribution is 14.1. The third kappa shape index (κ3) is 3.71. The quantitative estimate of drug-likeness (QED) is 0.577. The molecule has 1 aliphatic rings. The van der Waals surface area contributed by atoms with Crippen LogP contribution in [0.2, 0.25) is 0 Å². The topological polar surface area (TPSA) is 46.6 Å². The first-order chi connectivity index (χ1) is 9.52. The van der Waals surface area contributed by atoms with Crippen LogP contribution in [0, 0.1) is 9.49 Å². The lowest BCUT2D eigenvalue weighted by Crippen LogP contribution is -2.38. The van der Waals surface area contributed by atoms with Crippen LogP contribution in [0.1, 0.15) is 30.1 Å². The molecule has 4 nitrogen and oxygen atoms in total. The van der Waals surface area contributed by atoms with Crippen LogP contribution < -0.4 is 0 Å². The fraction of sp³-hybridized carbons (Fsp3) is 0.467. The number of ether oxygens (including phenoxy) is 1. The number of benzene rings is 1. The van der Waals surface area contributed by atoms with Crippen LogP contribution in [-0.4, -0.2) is 36.5 Å². The Labute approximate surface area is 132 Å². The molecule has 0 heterocycles. The maximum absolute atomic E-state index is 12.6. The number of hydrogen-bond donors (Lipinski definition) is 0. The highest BCUT2D eigenvalue weighted by Crippen LogP contribution is 2.29. The molecule has 0 bridgehead atoms. The van der Waals surface area contributed by atoms with Crippen molar-refractivity contribution in [3.63, 3.8) is 0 Å². The molecule has 0 aliphatic heterocycles. The molecular weight excluding hydrogens is 369 g/mol. The number of rotatable bonds is 5. The summed E-state index contributed by atoms with van der Waals surface area (Å²) in [6.07, 6.45) is 2.04. The Hall–Kier alpha value is -1.11. The number of halogens is 1. The fourth-order valence-corrected chi connectivity index (χ4v) is 2.47. The van der Waals surface area contributed by atoms with Crippen molar-refractivity contribution >= 4 is 34.5 Å². The normalized spacial score (nSPS) is 15.6. The number of carbonyl (C=O) groups excluding carboxylic acids is 2. The SMILES string of the molecule is COC(=O)C(C)CN(C(=O)c1ccc(I)cc1)C1CC1. The first-order valence-corrected chi connectivity index (χ1v) is 7.75. The van der Waals surface area contributed by atoms with E-state index in [0.29, 0.717) is 12.1 Å². The van der Waals surface area contributed by atoms with Crippen LogP contribution in [0.4, 0.5) is 0 Å². The molecule has 0 N–H and O–H groups in total. The molecule has 0 spiro atoms. The molecule has 5 heteroatoms. The largest absolute Gasteiger partial charge is 0.469 e. The second-order valence-electron chi connectivity index (χ2n) is 5.12. The van der Waals surface area contributed by atoms with Crippen molar-refractivity contribution in [2.45, 2.75) is 25.8 Å². The smallest absolute Gasteiger partial charge is 0.310 e. The standard InChI is InChI=1S/C15H18INO3/c1-10(15(19)20-2)9-17(13-7-8-13)14(18)11-3-5-12(16)6-4-11/h3-6,10,13H,7-9H2,1-2H3. The van der Waals surface area contributed by atoms with Gasteiger partial charge in [-0.3, -0.25) is 9.59 Å². The second-order valence-corrected chi connectivity index (χ2v) is 6.37. The van der Waals surface area contributed by atoms with Gasteiger partial charge in [-0.25, -0.2) is 0 Å². The van der Waals surface area contributed by atoms with E-state index in [1.807, 2.05) is 29.2 Å². The summed E-state index contributed by atoms with van der Waals surface area (Å²) >= 11 is 2.21. The zero-order valence-corrected chi connectivity index (χ0v) is 13.8. The molecule has 1 aromatic rings. The lowest BCUT2D eigenvalue weighted by molar-refractivity contribution is -0.145. The van der Waals surface area contributed by atoms with E-state index < -0.39 is 0 Å². The first kappa shape index (κ1) is 15.3. The van der Waals surface area contributed by atoms with Crippen molar-refractivity contribution in [3.05, 3.63) is 33.4 Å². The summed E-state index contributed by atoms with van der Waals surface area (Å²) in [5, 5.41) is 0. The maximum atomic E-state index is 12.6. The maximum Gasteiger partial charge on any atom is 0.310 e. The van der Waals surface area contributed by atoms with E-state index in [1.165, 1.54) is 7.11 Å². The van der Waals surface area contributed by atoms with Crippen LogP contribution >= 0.6 is 22.6 Å². The summed E-state index contributed by atoms with van der Waals surface area (Å²) in [4.78, 5) is 25.9. The Bertz CT molecular complexity index is 496. The Morgan fingerprint density at radius 2 is 1.95 bits per heavy atom. The van der Waals surface area contributed by atoms with Gasteiger partial charge in [-0.2, -0.15) is 0 Å². The molecule has 1 aromatic carbocycles. The van der Waals surface area contributed by atoms with Crippen molar-refractivity contribution in [1.29, 1.82) is 0 Å². The summed E-state index contributed by atoms with van der Waals surface area (Å²) in [6, 6.07) is 7.78. The van der Waals surface area contributed by atoms with E-state index in [2.05, 4.69) is 22.6 Å². The molecular formula is C15H18INO3. The van der Waals surface area contributed by atoms with Gasteiger partial charge in [0.15, 0.2) is 0 Å². The highest BCUT2D eigenvalue weighted by atomic mass is 127. The third-order valence-electron chi connectivity index (χ3n) is 3.41. The molecule has 1 unspecified atom stereocenters. The zero-order chi connectivity index (χ0) is 14.7. The molecule has 0 saturated heterocycles. The van der Waals surface area contributed by atoms with Crippen molar-refractivity contribution in [2.75, 3.05) is 13.7 Å². The molecule has 20 heavy (non-hydrogen) atoms. The molecule has 0 radical (unpaired) electrons. The molecule has 1 fully saturated rings. The van der Waals surface area contributed by atoms with Gasteiger partial charge in [0, 0.05) is 21.7 Å². The minimum atomic E-state index is -0.298. The molecule has 1 amide bonds. The van der Waals surface area contributed by atoms with Crippen molar-refractivity contribution < 1.29 is 14.3 Å². The van der Waals surface area contributed by atoms with E-state index in [1.54, 1.807) is 6.92 Å². The molecule has 108 valence electrons. The number of nitrogens with zero attached hydrogens (tertiary/aromatic N) is 1. The van der Waals surface area contributed by atoms with Crippen LogP contribution in [0.5, 0.6) is 0 Å². The average Bonchev–Trinajstić information content (AvgIpc) is 3.28. The number of hydrogen-bond acceptors (Lipinski definition) is 3. The molecule has 1 atom stereocenters. The van der Waals surface area contributed by atoms with Gasteiger partial charge >= 0.3 is 5.97 Å². The fourth-order valence-electron chi connectivity index (χ4n) is 2.11. The van der Waals surface area contributed by atoms with Gasteiger partial charge < -0.3 is 9.64 Å². The number of methoxy groups -OCH3 is 1. The van der Waals surface area contributed by atoms with Crippen LogP contribution in [0.3, 0.4) is 0 Å². The van der Waals surface area contributed by atoms with Crippen molar-refractivity contribution in [1.82, 2.24) is 4.90 Å². The minimum absolute atomic E-state index is 0.000321. The van der Waals surface area contributed by atoms with Crippen LogP contribution in [0.25, 0.3) is 0 Å². The third-order valence-corrected chi connectivity index (χ3v) is 4.13. The predicted molar refractivity (Wildman–Crippen MR) is 84.4 cm³/mol. The Morgan fingerprint density at radius 3 is 2.45 bits per heavy atom. The summed E-state index contributed by atoms with van der Waals surface area (Å²) in [5.41, 5.74) is 0.675. The first-order valence-electron chi connectivity index (χ1n) is 6.67. The lowest BCUT2D eigenvalue weighted by atomic mass is 10.1. The summed E-state index contributed by atoms with van der Waals surface area (Å²) < 4.78 is 5.83. The van der Waals surface area contributed by atoms with Crippen molar-refractivity contribution in [3.8, 4) is 0 Å². The number of amides is 1. The van der Waals surface area contributed by atoms with Crippen LogP contribution in [0.15, 0.2) is 24.3 Å². The number of esters is 1. The van der Waals surface area contributed by atoms with E-state index in [4.69, 9.17) is 4.74 Å². The monoisotopic (exact) mass is 387 g/mol. The van der Waals surface area contributed by atoms with E-state index in [-0.39, 0.29) is 23.8 Å². The van der Waals surface area contributed by atoms with Gasteiger partial charge in [0.25, 0.3) is 5.91 Å². The summed E-state index contributed by atoms with van der Waals surface area (Å²) in [7, 11) is 1.38. The van der Waals surface area contributed by atoms with E-state index in [0.717, 1.165) is 16.4 Å². The summed E-state index contributed by atoms with van der Waals surface area (Å²) in [5.74, 6) is -0.570. The van der Waals surface area contributed by atoms with Gasteiger partial charge in [0.05, 0.1) is 13.0 Å². The highest BCUT2D eigenvalue weighted by Gasteiger charge is 2.35. The van der Waals surface area contributed by atoms with Crippen molar-refractivity contribution in [2.24, 2.45) is 5.92 Å². The van der Waals surface area contributed by atoms with Gasteiger partial charge in [-0.15, -0.1) is 0 Å². The van der Waals surface area contributed by atoms with Gasteiger partial charge in [-0.05, 0) is 59.7 Å². The Balaban J connectivity index is 2.10. The average molecular weight is 387 g/mol. The van der Waals surface area contributed by atoms with Gasteiger partial charge in [0.1, 0.15) is 0 Å². The minimum Gasteiger partial charge on any atom is -0.469 e. The molecule has 1 aliphatic carbocycles. The van der Waals surface area contributed by atoms with E-state index in [9.17, 15) is 9.59 Å². The second kappa shape index (κ2) is 6.56. The van der Waals surface area contributed by atoms with Gasteiger partial charge in [0.2, 0.25) is 0 Å². The molecule has 2 rings (SSSR count). The molecule has 1 saturated carbocycles. The van der Waals surface area contributed by atoms with Crippen LogP contribution in [-0.2, 0) is 9.53 Å². The Kier molecular flexibility index (Phi) is 5.01. The zero-order valence-electron chi connectivity index (χ0n) is 11.6. The lowest BCUT2D eigenvalue weighted by Gasteiger charge is -2.25. The van der Waals surface area contributed by atoms with E-state index >= 15 is 0 Å². The summed E-state index contributed by atoms with van der Waals surface area (Å²) in [6.45, 7) is 2.21. The predicted octanol–water partition coefficient (Wildman–Crippen LogP) is 2.70. The van der Waals surface area contributed by atoms with Gasteiger partial charge in [-0.1, -0.05) is 6.92 Å². The molecule has 0 aromatic heterocycles.